The maximum absolute atomic E-state index is 9.88. The average molecular weight is 412 g/mol. The Morgan fingerprint density at radius 1 is 1.00 bits per heavy atom. The van der Waals surface area contributed by atoms with Crippen LogP contribution in [0.5, 0.6) is 0 Å². The Balaban J connectivity index is 1.60. The lowest BCUT2D eigenvalue weighted by Crippen LogP contribution is -2.29. The lowest BCUT2D eigenvalue weighted by atomic mass is 10.1. The van der Waals surface area contributed by atoms with Gasteiger partial charge in [0.2, 0.25) is 0 Å². The summed E-state index contributed by atoms with van der Waals surface area (Å²) in [5.41, 5.74) is 4.28. The van der Waals surface area contributed by atoms with Gasteiger partial charge >= 0.3 is 0 Å². The molecule has 2 aromatic carbocycles. The number of aromatic amines is 1. The number of rotatable bonds is 4. The normalized spacial score (nSPS) is 14.8. The molecular weight excluding hydrogens is 390 g/mol. The third-order valence-corrected chi connectivity index (χ3v) is 6.42. The Kier molecular flexibility index (Phi) is 5.04. The van der Waals surface area contributed by atoms with Gasteiger partial charge in [-0.25, -0.2) is 9.97 Å². The second kappa shape index (κ2) is 8.13. The molecule has 3 heterocycles. The maximum Gasteiger partial charge on any atom is 0.186 e. The van der Waals surface area contributed by atoms with E-state index in [1.54, 1.807) is 11.3 Å². The fraction of sp³-hybridized carbons (Fsp3) is 0.208. The van der Waals surface area contributed by atoms with Gasteiger partial charge in [0.05, 0.1) is 27.2 Å². The van der Waals surface area contributed by atoms with Crippen molar-refractivity contribution < 1.29 is 0 Å². The molecule has 1 aliphatic rings. The van der Waals surface area contributed by atoms with Crippen LogP contribution in [-0.4, -0.2) is 28.0 Å². The highest BCUT2D eigenvalue weighted by Gasteiger charge is 2.19. The van der Waals surface area contributed by atoms with E-state index in [-0.39, 0.29) is 0 Å². The van der Waals surface area contributed by atoms with Crippen LogP contribution in [0.4, 0.5) is 5.13 Å². The van der Waals surface area contributed by atoms with Crippen LogP contribution in [0.1, 0.15) is 30.0 Å². The second-order valence-corrected chi connectivity index (χ2v) is 8.40. The second-order valence-electron chi connectivity index (χ2n) is 7.40. The molecule has 0 saturated carbocycles. The van der Waals surface area contributed by atoms with Crippen LogP contribution in [0.2, 0.25) is 0 Å². The maximum atomic E-state index is 9.88. The number of benzene rings is 2. The fourth-order valence-corrected chi connectivity index (χ4v) is 4.89. The molecule has 30 heavy (non-hydrogen) atoms. The summed E-state index contributed by atoms with van der Waals surface area (Å²) in [7, 11) is 0. The Bertz CT molecular complexity index is 1210. The van der Waals surface area contributed by atoms with Crippen LogP contribution in [-0.2, 0) is 0 Å². The van der Waals surface area contributed by atoms with Crippen molar-refractivity contribution in [3.63, 3.8) is 0 Å². The summed E-state index contributed by atoms with van der Waals surface area (Å²) < 4.78 is 0. The number of aromatic nitrogens is 3. The number of nitrogens with one attached hydrogen (secondary N) is 1. The Hall–Kier alpha value is -3.43. The first-order valence-corrected chi connectivity index (χ1v) is 11.0. The van der Waals surface area contributed by atoms with E-state index < -0.39 is 0 Å². The van der Waals surface area contributed by atoms with E-state index in [1.165, 1.54) is 19.3 Å². The smallest absolute Gasteiger partial charge is 0.186 e. The lowest BCUT2D eigenvalue weighted by Gasteiger charge is -2.25. The van der Waals surface area contributed by atoms with Crippen LogP contribution in [0.3, 0.4) is 0 Å². The number of hydrogen-bond acceptors (Lipinski definition) is 5. The molecule has 0 atom stereocenters. The van der Waals surface area contributed by atoms with Gasteiger partial charge in [-0.2, -0.15) is 5.26 Å². The zero-order valence-corrected chi connectivity index (χ0v) is 17.3. The molecule has 4 aromatic rings. The highest BCUT2D eigenvalue weighted by Crippen LogP contribution is 2.36. The number of anilines is 1. The highest BCUT2D eigenvalue weighted by atomic mass is 32.1. The average Bonchev–Trinajstić information content (AvgIpc) is 3.43. The zero-order chi connectivity index (χ0) is 20.3. The van der Waals surface area contributed by atoms with E-state index in [2.05, 4.69) is 33.1 Å². The number of piperidine rings is 1. The minimum absolute atomic E-state index is 0.511. The number of allylic oxidation sites excluding steroid dienone is 1. The van der Waals surface area contributed by atoms with Gasteiger partial charge in [0.15, 0.2) is 5.13 Å². The Labute approximate surface area is 179 Å². The summed E-state index contributed by atoms with van der Waals surface area (Å²) in [5, 5.41) is 10.9. The van der Waals surface area contributed by atoms with Crippen molar-refractivity contribution in [3.05, 3.63) is 65.3 Å². The molecule has 1 aliphatic heterocycles. The van der Waals surface area contributed by atoms with Crippen molar-refractivity contribution in [2.75, 3.05) is 18.0 Å². The molecule has 0 aliphatic carbocycles. The molecule has 148 valence electrons. The van der Waals surface area contributed by atoms with Crippen LogP contribution < -0.4 is 4.90 Å². The zero-order valence-electron chi connectivity index (χ0n) is 16.5. The van der Waals surface area contributed by atoms with Crippen molar-refractivity contribution in [2.45, 2.75) is 19.3 Å². The van der Waals surface area contributed by atoms with Crippen molar-refractivity contribution >= 4 is 39.2 Å². The van der Waals surface area contributed by atoms with Gasteiger partial charge in [0.1, 0.15) is 11.9 Å². The van der Waals surface area contributed by atoms with E-state index in [1.807, 2.05) is 48.5 Å². The van der Waals surface area contributed by atoms with Crippen molar-refractivity contribution in [3.8, 4) is 17.3 Å². The molecule has 1 N–H and O–H groups in total. The fourth-order valence-electron chi connectivity index (χ4n) is 3.81. The third-order valence-electron chi connectivity index (χ3n) is 5.36. The first-order chi connectivity index (χ1) is 14.8. The lowest BCUT2D eigenvalue weighted by molar-refractivity contribution is 0.577. The third kappa shape index (κ3) is 3.60. The number of fused-ring (bicyclic) bond motifs is 1. The molecule has 0 unspecified atom stereocenters. The number of thiazole rings is 1. The van der Waals surface area contributed by atoms with E-state index >= 15 is 0 Å². The van der Waals surface area contributed by atoms with Gasteiger partial charge in [-0.1, -0.05) is 53.8 Å². The molecule has 1 fully saturated rings. The molecule has 0 spiro atoms. The molecule has 6 heteroatoms. The predicted octanol–water partition coefficient (Wildman–Crippen LogP) is 5.74. The van der Waals surface area contributed by atoms with Gasteiger partial charge in [0.25, 0.3) is 0 Å². The van der Waals surface area contributed by atoms with Gasteiger partial charge in [0, 0.05) is 18.7 Å². The number of para-hydroxylation sites is 2. The largest absolute Gasteiger partial charge is 0.348 e. The van der Waals surface area contributed by atoms with Crippen LogP contribution in [0.15, 0.2) is 54.6 Å². The first kappa shape index (κ1) is 18.6. The molecule has 5 rings (SSSR count). The van der Waals surface area contributed by atoms with Crippen LogP contribution in [0, 0.1) is 11.3 Å². The summed E-state index contributed by atoms with van der Waals surface area (Å²) in [4.78, 5) is 16.2. The minimum Gasteiger partial charge on any atom is -0.348 e. The van der Waals surface area contributed by atoms with Gasteiger partial charge in [-0.3, -0.25) is 0 Å². The summed E-state index contributed by atoms with van der Waals surface area (Å²) in [6, 6.07) is 20.3. The minimum atomic E-state index is 0.511. The van der Waals surface area contributed by atoms with Crippen LogP contribution >= 0.6 is 11.3 Å². The quantitative estimate of drug-likeness (QED) is 0.435. The molecule has 0 radical (unpaired) electrons. The van der Waals surface area contributed by atoms with Gasteiger partial charge in [-0.05, 0) is 37.5 Å². The van der Waals surface area contributed by atoms with E-state index in [0.29, 0.717) is 11.4 Å². The van der Waals surface area contributed by atoms with Crippen molar-refractivity contribution in [1.82, 2.24) is 15.0 Å². The topological polar surface area (TPSA) is 68.6 Å². The highest BCUT2D eigenvalue weighted by molar-refractivity contribution is 7.17. The summed E-state index contributed by atoms with van der Waals surface area (Å²) in [5.74, 6) is 0.589. The Morgan fingerprint density at radius 3 is 2.53 bits per heavy atom. The molecule has 2 aromatic heterocycles. The molecule has 5 nitrogen and oxygen atoms in total. The number of hydrogen-bond donors (Lipinski definition) is 1. The van der Waals surface area contributed by atoms with E-state index in [9.17, 15) is 5.26 Å². The monoisotopic (exact) mass is 411 g/mol. The number of nitriles is 1. The predicted molar refractivity (Wildman–Crippen MR) is 123 cm³/mol. The SMILES string of the molecule is N#CC(=Cc1sc(N2CCCCC2)nc1-c1ccccc1)c1nc2ccccc2[nH]1. The van der Waals surface area contributed by atoms with Gasteiger partial charge < -0.3 is 9.88 Å². The standard InChI is InChI=1S/C24H21N5S/c25-16-18(23-26-19-11-5-6-12-20(19)27-23)15-21-22(17-9-3-1-4-10-17)28-24(30-21)29-13-7-2-8-14-29/h1,3-6,9-12,15H,2,7-8,13-14H2,(H,26,27). The van der Waals surface area contributed by atoms with E-state index in [0.717, 1.165) is 45.4 Å². The first-order valence-electron chi connectivity index (χ1n) is 10.2. The summed E-state index contributed by atoms with van der Waals surface area (Å²) in [6.45, 7) is 2.08. The molecule has 0 amide bonds. The molecule has 0 bridgehead atoms. The molecule has 1 saturated heterocycles. The summed E-state index contributed by atoms with van der Waals surface area (Å²) in [6.07, 6.45) is 5.61. The Morgan fingerprint density at radius 2 is 1.77 bits per heavy atom. The van der Waals surface area contributed by atoms with Crippen molar-refractivity contribution in [1.29, 1.82) is 5.26 Å². The summed E-state index contributed by atoms with van der Waals surface area (Å²) >= 11 is 1.65. The number of H-pyrrole nitrogens is 1. The van der Waals surface area contributed by atoms with E-state index in [4.69, 9.17) is 4.98 Å². The van der Waals surface area contributed by atoms with Crippen molar-refractivity contribution in [2.24, 2.45) is 0 Å². The number of nitrogens with zero attached hydrogens (tertiary/aromatic N) is 4. The molecular formula is C24H21N5S. The van der Waals surface area contributed by atoms with Crippen LogP contribution in [0.25, 0.3) is 33.9 Å². The number of imidazole rings is 1. The van der Waals surface area contributed by atoms with Gasteiger partial charge in [-0.15, -0.1) is 0 Å².